The van der Waals surface area contributed by atoms with E-state index in [9.17, 15) is 22.8 Å². The molecule has 1 amide bonds. The molecule has 0 aliphatic rings. The number of nitrogens with one attached hydrogen (secondary N) is 1. The van der Waals surface area contributed by atoms with Crippen LogP contribution in [0.3, 0.4) is 0 Å². The van der Waals surface area contributed by atoms with Crippen molar-refractivity contribution < 1.29 is 22.7 Å². The van der Waals surface area contributed by atoms with E-state index in [1.54, 1.807) is 0 Å². The first-order valence-electron chi connectivity index (χ1n) is 8.73. The van der Waals surface area contributed by atoms with E-state index in [2.05, 4.69) is 5.32 Å². The smallest absolute Gasteiger partial charge is 0.277 e. The molecule has 0 fully saturated rings. The van der Waals surface area contributed by atoms with Crippen molar-refractivity contribution in [2.45, 2.75) is 13.5 Å². The van der Waals surface area contributed by atoms with Gasteiger partial charge in [-0.1, -0.05) is 11.6 Å². The lowest BCUT2D eigenvalue weighted by Crippen LogP contribution is -2.24. The number of aryl methyl sites for hydroxylation is 1. The van der Waals surface area contributed by atoms with Gasteiger partial charge in [0.25, 0.3) is 11.5 Å². The monoisotopic (exact) mass is 436 g/mol. The molecule has 0 unspecified atom stereocenters. The van der Waals surface area contributed by atoms with Crippen molar-refractivity contribution in [1.29, 1.82) is 0 Å². The molecule has 3 aromatic rings. The Hall–Kier alpha value is -3.26. The Bertz CT molecular complexity index is 1190. The summed E-state index contributed by atoms with van der Waals surface area (Å²) in [6.07, 6.45) is 0. The minimum Gasteiger partial charge on any atom is -0.487 e. The quantitative estimate of drug-likeness (QED) is 0.653. The van der Waals surface area contributed by atoms with E-state index < -0.39 is 28.9 Å². The van der Waals surface area contributed by atoms with E-state index in [1.165, 1.54) is 38.2 Å². The van der Waals surface area contributed by atoms with E-state index in [0.717, 1.165) is 16.7 Å². The molecule has 0 radical (unpaired) electrons. The van der Waals surface area contributed by atoms with E-state index >= 15 is 0 Å². The highest BCUT2D eigenvalue weighted by molar-refractivity contribution is 6.31. The number of carbonyl (C=O) groups is 1. The van der Waals surface area contributed by atoms with Crippen LogP contribution in [-0.4, -0.2) is 17.5 Å². The number of halogens is 4. The predicted octanol–water partition coefficient (Wildman–Crippen LogP) is 4.16. The van der Waals surface area contributed by atoms with Crippen LogP contribution in [0, 0.1) is 24.4 Å². The van der Waals surface area contributed by atoms with Crippen LogP contribution < -0.4 is 15.6 Å². The summed E-state index contributed by atoms with van der Waals surface area (Å²) in [5, 5.41) is 2.07. The second-order valence-electron chi connectivity index (χ2n) is 6.37. The van der Waals surface area contributed by atoms with E-state index in [4.69, 9.17) is 16.3 Å². The SMILES string of the molecule is CNC(=O)c1ccc(F)c(-n2c(C)cc(OCc3ccc(F)cc3F)c(Cl)c2=O)c1. The van der Waals surface area contributed by atoms with Crippen molar-refractivity contribution >= 4 is 17.5 Å². The zero-order valence-corrected chi connectivity index (χ0v) is 16.7. The molecule has 1 aromatic heterocycles. The lowest BCUT2D eigenvalue weighted by Gasteiger charge is -2.16. The zero-order chi connectivity index (χ0) is 22.0. The van der Waals surface area contributed by atoms with E-state index in [-0.39, 0.29) is 39.9 Å². The maximum Gasteiger partial charge on any atom is 0.277 e. The summed E-state index contributed by atoms with van der Waals surface area (Å²) in [5.74, 6) is -2.75. The van der Waals surface area contributed by atoms with Crippen LogP contribution in [0.25, 0.3) is 5.69 Å². The molecule has 0 saturated heterocycles. The van der Waals surface area contributed by atoms with Gasteiger partial charge in [-0.2, -0.15) is 0 Å². The summed E-state index contributed by atoms with van der Waals surface area (Å²) >= 11 is 6.12. The summed E-state index contributed by atoms with van der Waals surface area (Å²) in [6.45, 7) is 1.23. The van der Waals surface area contributed by atoms with Crippen molar-refractivity contribution in [1.82, 2.24) is 9.88 Å². The fourth-order valence-corrected chi connectivity index (χ4v) is 3.04. The molecular weight excluding hydrogens is 421 g/mol. The molecule has 0 aliphatic heterocycles. The molecule has 9 heteroatoms. The minimum absolute atomic E-state index is 0.0398. The molecule has 0 atom stereocenters. The summed E-state index contributed by atoms with van der Waals surface area (Å²) < 4.78 is 47.7. The van der Waals surface area contributed by atoms with Gasteiger partial charge in [-0.25, -0.2) is 13.2 Å². The number of rotatable bonds is 5. The van der Waals surface area contributed by atoms with Crippen LogP contribution in [0.1, 0.15) is 21.6 Å². The number of ether oxygens (including phenoxy) is 1. The highest BCUT2D eigenvalue weighted by Gasteiger charge is 2.18. The number of hydrogen-bond acceptors (Lipinski definition) is 3. The van der Waals surface area contributed by atoms with Crippen LogP contribution in [0.2, 0.25) is 5.02 Å². The molecule has 3 rings (SSSR count). The Morgan fingerprint density at radius 1 is 1.10 bits per heavy atom. The standard InChI is InChI=1S/C21H16ClF3N2O3/c1-11-7-18(30-10-13-3-5-14(23)9-16(13)25)19(22)21(29)27(11)17-8-12(20(28)26-2)4-6-15(17)24/h3-9H,10H2,1-2H3,(H,26,28). The average molecular weight is 437 g/mol. The Kier molecular flexibility index (Phi) is 6.17. The molecule has 0 spiro atoms. The average Bonchev–Trinajstić information content (AvgIpc) is 2.71. The Morgan fingerprint density at radius 3 is 2.50 bits per heavy atom. The van der Waals surface area contributed by atoms with Crippen molar-refractivity contribution in [2.24, 2.45) is 0 Å². The fraction of sp³-hybridized carbons (Fsp3) is 0.143. The number of hydrogen-bond donors (Lipinski definition) is 1. The van der Waals surface area contributed by atoms with Crippen LogP contribution in [0.15, 0.2) is 47.3 Å². The number of benzene rings is 2. The summed E-state index contributed by atoms with van der Waals surface area (Å²) in [4.78, 5) is 24.6. The molecule has 2 aromatic carbocycles. The maximum absolute atomic E-state index is 14.4. The highest BCUT2D eigenvalue weighted by atomic mass is 35.5. The summed E-state index contributed by atoms with van der Waals surface area (Å²) in [6, 6.07) is 7.98. The van der Waals surface area contributed by atoms with Gasteiger partial charge in [0.1, 0.15) is 34.8 Å². The van der Waals surface area contributed by atoms with Gasteiger partial charge in [-0.05, 0) is 37.3 Å². The van der Waals surface area contributed by atoms with Gasteiger partial charge < -0.3 is 10.1 Å². The molecule has 0 saturated carbocycles. The predicted molar refractivity (Wildman–Crippen MR) is 106 cm³/mol. The lowest BCUT2D eigenvalue weighted by molar-refractivity contribution is 0.0963. The van der Waals surface area contributed by atoms with Gasteiger partial charge in [0, 0.05) is 36.0 Å². The first-order valence-corrected chi connectivity index (χ1v) is 9.11. The van der Waals surface area contributed by atoms with Crippen molar-refractivity contribution in [2.75, 3.05) is 7.05 Å². The van der Waals surface area contributed by atoms with E-state index in [0.29, 0.717) is 6.07 Å². The molecule has 156 valence electrons. The number of nitrogens with zero attached hydrogens (tertiary/aromatic N) is 1. The number of amides is 1. The van der Waals surface area contributed by atoms with Gasteiger partial charge in [0.15, 0.2) is 0 Å². The van der Waals surface area contributed by atoms with Crippen molar-refractivity contribution in [3.05, 3.63) is 92.1 Å². The third-order valence-corrected chi connectivity index (χ3v) is 4.72. The Balaban J connectivity index is 2.00. The van der Waals surface area contributed by atoms with Gasteiger partial charge in [-0.15, -0.1) is 0 Å². The second kappa shape index (κ2) is 8.62. The highest BCUT2D eigenvalue weighted by Crippen LogP contribution is 2.26. The van der Waals surface area contributed by atoms with Crippen LogP contribution >= 0.6 is 11.6 Å². The molecule has 0 bridgehead atoms. The molecule has 30 heavy (non-hydrogen) atoms. The number of aromatic nitrogens is 1. The van der Waals surface area contributed by atoms with Crippen LogP contribution in [0.4, 0.5) is 13.2 Å². The Labute approximate surface area is 174 Å². The molecule has 0 aliphatic carbocycles. The fourth-order valence-electron chi connectivity index (χ4n) is 2.85. The van der Waals surface area contributed by atoms with Gasteiger partial charge in [0.2, 0.25) is 0 Å². The number of pyridine rings is 1. The molecule has 5 nitrogen and oxygen atoms in total. The third-order valence-electron chi connectivity index (χ3n) is 4.37. The van der Waals surface area contributed by atoms with Gasteiger partial charge >= 0.3 is 0 Å². The van der Waals surface area contributed by atoms with Gasteiger partial charge in [0.05, 0.1) is 5.69 Å². The first-order chi connectivity index (χ1) is 14.2. The third kappa shape index (κ3) is 4.18. The normalized spacial score (nSPS) is 10.7. The lowest BCUT2D eigenvalue weighted by atomic mass is 10.1. The maximum atomic E-state index is 14.4. The summed E-state index contributed by atoms with van der Waals surface area (Å²) in [7, 11) is 1.43. The van der Waals surface area contributed by atoms with E-state index in [1.807, 2.05) is 0 Å². The number of carbonyl (C=O) groups excluding carboxylic acids is 1. The van der Waals surface area contributed by atoms with Crippen molar-refractivity contribution in [3.63, 3.8) is 0 Å². The Morgan fingerprint density at radius 2 is 1.83 bits per heavy atom. The molecular formula is C21H16ClF3N2O3. The second-order valence-corrected chi connectivity index (χ2v) is 6.75. The molecule has 1 heterocycles. The van der Waals surface area contributed by atoms with Gasteiger partial charge in [-0.3, -0.25) is 14.2 Å². The topological polar surface area (TPSA) is 60.3 Å². The zero-order valence-electron chi connectivity index (χ0n) is 15.9. The first kappa shape index (κ1) is 21.4. The van der Waals surface area contributed by atoms with Crippen LogP contribution in [-0.2, 0) is 6.61 Å². The molecule has 1 N–H and O–H groups in total. The largest absolute Gasteiger partial charge is 0.487 e. The summed E-state index contributed by atoms with van der Waals surface area (Å²) in [5.41, 5.74) is -0.440. The van der Waals surface area contributed by atoms with Crippen molar-refractivity contribution in [3.8, 4) is 11.4 Å². The minimum atomic E-state index is -0.802. The van der Waals surface area contributed by atoms with Crippen LogP contribution in [0.5, 0.6) is 5.75 Å².